The summed E-state index contributed by atoms with van der Waals surface area (Å²) in [6.07, 6.45) is 0.332. The van der Waals surface area contributed by atoms with Crippen LogP contribution in [0.3, 0.4) is 0 Å². The van der Waals surface area contributed by atoms with Gasteiger partial charge in [0.25, 0.3) is 0 Å². The molecule has 0 unspecified atom stereocenters. The van der Waals surface area contributed by atoms with Gasteiger partial charge in [-0.15, -0.1) is 0 Å². The van der Waals surface area contributed by atoms with Crippen LogP contribution in [0.2, 0.25) is 0 Å². The number of pyridine rings is 1. The summed E-state index contributed by atoms with van der Waals surface area (Å²) < 4.78 is 0. The molecule has 1 aliphatic heterocycles. The SMILES string of the molecule is Cc1ccc(N2CCN(Cc3ccccc3CC(=O)Nc3ccc4nc(C)c(C)c(N)c4c3)CC2)cc1. The molecule has 0 aliphatic carbocycles. The minimum Gasteiger partial charge on any atom is -0.398 e. The predicted molar refractivity (Wildman–Crippen MR) is 153 cm³/mol. The van der Waals surface area contributed by atoms with Gasteiger partial charge < -0.3 is 16.0 Å². The van der Waals surface area contributed by atoms with Crippen molar-refractivity contribution in [3.8, 4) is 0 Å². The molecule has 0 spiro atoms. The zero-order valence-electron chi connectivity index (χ0n) is 21.9. The molecule has 1 aromatic heterocycles. The molecule has 6 nitrogen and oxygen atoms in total. The van der Waals surface area contributed by atoms with Crippen molar-refractivity contribution in [2.75, 3.05) is 42.1 Å². The molecular weight excluding hydrogens is 458 g/mol. The van der Waals surface area contributed by atoms with E-state index in [2.05, 4.69) is 69.5 Å². The van der Waals surface area contributed by atoms with Crippen molar-refractivity contribution in [1.29, 1.82) is 0 Å². The zero-order chi connectivity index (χ0) is 25.9. The third-order valence-corrected chi connectivity index (χ3v) is 7.44. The maximum absolute atomic E-state index is 13.0. The Hall–Kier alpha value is -3.90. The van der Waals surface area contributed by atoms with Crippen molar-refractivity contribution in [3.05, 3.63) is 94.7 Å². The van der Waals surface area contributed by atoms with Crippen LogP contribution in [0.4, 0.5) is 17.1 Å². The number of aryl methyl sites for hydroxylation is 2. The Morgan fingerprint density at radius 2 is 1.62 bits per heavy atom. The number of nitrogen functional groups attached to an aromatic ring is 1. The van der Waals surface area contributed by atoms with Crippen LogP contribution in [0.15, 0.2) is 66.7 Å². The number of anilines is 3. The number of fused-ring (bicyclic) bond motifs is 1. The van der Waals surface area contributed by atoms with Crippen molar-refractivity contribution in [2.24, 2.45) is 0 Å². The summed E-state index contributed by atoms with van der Waals surface area (Å²) in [5.41, 5.74) is 15.4. The molecule has 0 saturated carbocycles. The van der Waals surface area contributed by atoms with Crippen molar-refractivity contribution < 1.29 is 4.79 Å². The van der Waals surface area contributed by atoms with E-state index in [1.807, 2.05) is 38.1 Å². The van der Waals surface area contributed by atoms with Gasteiger partial charge in [-0.25, -0.2) is 0 Å². The number of nitrogens with zero attached hydrogens (tertiary/aromatic N) is 3. The van der Waals surface area contributed by atoms with Gasteiger partial charge in [0, 0.05) is 60.9 Å². The molecule has 0 bridgehead atoms. The lowest BCUT2D eigenvalue weighted by molar-refractivity contribution is -0.115. The molecule has 1 aliphatic rings. The van der Waals surface area contributed by atoms with E-state index in [4.69, 9.17) is 5.73 Å². The highest BCUT2D eigenvalue weighted by molar-refractivity contribution is 5.98. The van der Waals surface area contributed by atoms with E-state index in [9.17, 15) is 4.79 Å². The molecule has 1 amide bonds. The number of hydrogen-bond donors (Lipinski definition) is 2. The number of hydrogen-bond acceptors (Lipinski definition) is 5. The van der Waals surface area contributed by atoms with Crippen LogP contribution in [-0.4, -0.2) is 42.0 Å². The van der Waals surface area contributed by atoms with Gasteiger partial charge in [0.1, 0.15) is 0 Å². The topological polar surface area (TPSA) is 74.5 Å². The number of aromatic nitrogens is 1. The summed E-state index contributed by atoms with van der Waals surface area (Å²) in [5, 5.41) is 3.93. The highest BCUT2D eigenvalue weighted by Gasteiger charge is 2.19. The van der Waals surface area contributed by atoms with E-state index in [0.29, 0.717) is 12.1 Å². The molecule has 1 fully saturated rings. The normalized spacial score (nSPS) is 14.2. The molecule has 37 heavy (non-hydrogen) atoms. The maximum atomic E-state index is 13.0. The van der Waals surface area contributed by atoms with Crippen molar-refractivity contribution >= 4 is 33.9 Å². The van der Waals surface area contributed by atoms with Crippen LogP contribution in [0, 0.1) is 20.8 Å². The zero-order valence-corrected chi connectivity index (χ0v) is 21.9. The molecule has 190 valence electrons. The number of carbonyl (C=O) groups excluding carboxylic acids is 1. The number of rotatable bonds is 6. The van der Waals surface area contributed by atoms with E-state index in [0.717, 1.165) is 66.1 Å². The highest BCUT2D eigenvalue weighted by Crippen LogP contribution is 2.28. The quantitative estimate of drug-likeness (QED) is 0.384. The Kier molecular flexibility index (Phi) is 7.10. The summed E-state index contributed by atoms with van der Waals surface area (Å²) in [6, 6.07) is 22.8. The first-order valence-corrected chi connectivity index (χ1v) is 12.9. The summed E-state index contributed by atoms with van der Waals surface area (Å²) in [6.45, 7) is 10.9. The maximum Gasteiger partial charge on any atom is 0.228 e. The molecule has 6 heteroatoms. The van der Waals surface area contributed by atoms with Crippen LogP contribution >= 0.6 is 0 Å². The van der Waals surface area contributed by atoms with Crippen LogP contribution in [0.25, 0.3) is 10.9 Å². The van der Waals surface area contributed by atoms with Crippen molar-refractivity contribution in [1.82, 2.24) is 9.88 Å². The Labute approximate surface area is 219 Å². The molecule has 3 N–H and O–H groups in total. The van der Waals surface area contributed by atoms with E-state index in [1.54, 1.807) is 0 Å². The van der Waals surface area contributed by atoms with Crippen molar-refractivity contribution in [3.63, 3.8) is 0 Å². The van der Waals surface area contributed by atoms with Crippen molar-refractivity contribution in [2.45, 2.75) is 33.7 Å². The van der Waals surface area contributed by atoms with Crippen LogP contribution < -0.4 is 16.0 Å². The van der Waals surface area contributed by atoms with Gasteiger partial charge >= 0.3 is 0 Å². The fraction of sp³-hybridized carbons (Fsp3) is 0.290. The number of carbonyl (C=O) groups is 1. The lowest BCUT2D eigenvalue weighted by atomic mass is 10.0. The van der Waals surface area contributed by atoms with E-state index < -0.39 is 0 Å². The lowest BCUT2D eigenvalue weighted by Gasteiger charge is -2.36. The molecule has 0 radical (unpaired) electrons. The number of benzene rings is 3. The second-order valence-electron chi connectivity index (χ2n) is 10.1. The fourth-order valence-electron chi connectivity index (χ4n) is 5.01. The van der Waals surface area contributed by atoms with Gasteiger partial charge in [-0.1, -0.05) is 42.0 Å². The first-order chi connectivity index (χ1) is 17.9. The summed E-state index contributed by atoms with van der Waals surface area (Å²) in [7, 11) is 0. The second-order valence-corrected chi connectivity index (χ2v) is 10.1. The standard InChI is InChI=1S/C31H35N5O/c1-21-8-11-27(12-9-21)36-16-14-35(15-17-36)20-25-7-5-4-6-24(25)18-30(37)34-26-10-13-29-28(19-26)31(32)22(2)23(3)33-29/h4-13,19H,14-18,20H2,1-3H3,(H2,32,33)(H,34,37). The smallest absolute Gasteiger partial charge is 0.228 e. The van der Waals surface area contributed by atoms with Gasteiger partial charge in [0.15, 0.2) is 0 Å². The van der Waals surface area contributed by atoms with E-state index in [-0.39, 0.29) is 5.91 Å². The van der Waals surface area contributed by atoms with Gasteiger partial charge in [0.2, 0.25) is 5.91 Å². The number of nitrogens with one attached hydrogen (secondary N) is 1. The highest BCUT2D eigenvalue weighted by atomic mass is 16.1. The average molecular weight is 494 g/mol. The van der Waals surface area contributed by atoms with Gasteiger partial charge in [-0.2, -0.15) is 0 Å². The minimum absolute atomic E-state index is 0.0358. The van der Waals surface area contributed by atoms with Crippen LogP contribution in [-0.2, 0) is 17.8 Å². The average Bonchev–Trinajstić information content (AvgIpc) is 2.90. The first-order valence-electron chi connectivity index (χ1n) is 12.9. The molecule has 1 saturated heterocycles. The van der Waals surface area contributed by atoms with Gasteiger partial charge in [0.05, 0.1) is 11.9 Å². The largest absolute Gasteiger partial charge is 0.398 e. The molecule has 2 heterocycles. The Balaban J connectivity index is 1.22. The summed E-state index contributed by atoms with van der Waals surface area (Å²) in [4.78, 5) is 22.6. The molecular formula is C31H35N5O. The monoisotopic (exact) mass is 493 g/mol. The van der Waals surface area contributed by atoms with E-state index in [1.165, 1.54) is 16.8 Å². The van der Waals surface area contributed by atoms with Crippen LogP contribution in [0.1, 0.15) is 27.9 Å². The third kappa shape index (κ3) is 5.59. The molecule has 4 aromatic rings. The summed E-state index contributed by atoms with van der Waals surface area (Å²) >= 11 is 0. The Morgan fingerprint density at radius 1 is 0.919 bits per heavy atom. The minimum atomic E-state index is -0.0358. The van der Waals surface area contributed by atoms with Gasteiger partial charge in [-0.05, 0) is 67.8 Å². The number of amides is 1. The predicted octanol–water partition coefficient (Wildman–Crippen LogP) is 5.25. The lowest BCUT2D eigenvalue weighted by Crippen LogP contribution is -2.46. The Morgan fingerprint density at radius 3 is 2.35 bits per heavy atom. The molecule has 3 aromatic carbocycles. The van der Waals surface area contributed by atoms with Gasteiger partial charge in [-0.3, -0.25) is 14.7 Å². The van der Waals surface area contributed by atoms with Crippen LogP contribution in [0.5, 0.6) is 0 Å². The van der Waals surface area contributed by atoms with E-state index >= 15 is 0 Å². The first kappa shape index (κ1) is 24.8. The fourth-order valence-corrected chi connectivity index (χ4v) is 5.01. The molecule has 0 atom stereocenters. The third-order valence-electron chi connectivity index (χ3n) is 7.44. The second kappa shape index (κ2) is 10.6. The number of piperazine rings is 1. The Bertz CT molecular complexity index is 1420. The summed E-state index contributed by atoms with van der Waals surface area (Å²) in [5.74, 6) is -0.0358. The number of nitrogens with two attached hydrogens (primary N) is 1. The molecule has 5 rings (SSSR count).